The third-order valence-electron chi connectivity index (χ3n) is 5.95. The van der Waals surface area contributed by atoms with Gasteiger partial charge in [-0.2, -0.15) is 0 Å². The number of sulfonamides is 1. The molecule has 0 saturated carbocycles. The van der Waals surface area contributed by atoms with Crippen LogP contribution >= 0.6 is 0 Å². The van der Waals surface area contributed by atoms with Crippen LogP contribution < -0.4 is 14.4 Å². The molecule has 4 rings (SSSR count). The summed E-state index contributed by atoms with van der Waals surface area (Å²) < 4.78 is 69.6. The molecule has 0 unspecified atom stereocenters. The number of rotatable bonds is 8. The predicted molar refractivity (Wildman–Crippen MR) is 132 cm³/mol. The molecule has 192 valence electrons. The molecule has 0 spiro atoms. The van der Waals surface area contributed by atoms with Crippen LogP contribution in [0.2, 0.25) is 0 Å². The number of hydrogen-bond acceptors (Lipinski definition) is 6. The van der Waals surface area contributed by atoms with E-state index in [9.17, 15) is 21.6 Å². The Labute approximate surface area is 208 Å². The van der Waals surface area contributed by atoms with Crippen molar-refractivity contribution < 1.29 is 26.3 Å². The summed E-state index contributed by atoms with van der Waals surface area (Å²) in [5, 5.41) is 0. The molecular formula is C25H27F3N4O3S. The summed E-state index contributed by atoms with van der Waals surface area (Å²) in [6, 6.07) is 16.5. The van der Waals surface area contributed by atoms with Crippen LogP contribution in [0.1, 0.15) is 25.0 Å². The highest BCUT2D eigenvalue weighted by molar-refractivity contribution is 7.91. The van der Waals surface area contributed by atoms with Gasteiger partial charge in [-0.3, -0.25) is 14.6 Å². The van der Waals surface area contributed by atoms with Gasteiger partial charge in [0.05, 0.1) is 24.3 Å². The lowest BCUT2D eigenvalue weighted by molar-refractivity contribution is -0.274. The molecule has 1 saturated heterocycles. The number of aromatic nitrogens is 1. The van der Waals surface area contributed by atoms with Crippen molar-refractivity contribution in [2.45, 2.75) is 38.0 Å². The van der Waals surface area contributed by atoms with Gasteiger partial charge in [-0.25, -0.2) is 8.42 Å². The van der Waals surface area contributed by atoms with Gasteiger partial charge in [-0.05, 0) is 55.3 Å². The number of ether oxygens (including phenoxy) is 1. The van der Waals surface area contributed by atoms with E-state index in [-0.39, 0.29) is 17.0 Å². The minimum Gasteiger partial charge on any atom is -0.406 e. The van der Waals surface area contributed by atoms with Gasteiger partial charge in [0.2, 0.25) is 10.0 Å². The van der Waals surface area contributed by atoms with Gasteiger partial charge in [0, 0.05) is 30.5 Å². The van der Waals surface area contributed by atoms with Gasteiger partial charge in [-0.1, -0.05) is 30.3 Å². The van der Waals surface area contributed by atoms with Crippen LogP contribution in [0.15, 0.2) is 73.1 Å². The van der Waals surface area contributed by atoms with Gasteiger partial charge >= 0.3 is 6.36 Å². The predicted octanol–water partition coefficient (Wildman–Crippen LogP) is 4.98. The number of benzene rings is 2. The normalized spacial score (nSPS) is 16.2. The average Bonchev–Trinajstić information content (AvgIpc) is 3.08. The van der Waals surface area contributed by atoms with Crippen molar-refractivity contribution in [2.24, 2.45) is 0 Å². The van der Waals surface area contributed by atoms with Crippen LogP contribution in [0.25, 0.3) is 0 Å². The Morgan fingerprint density at radius 1 is 1.06 bits per heavy atom. The summed E-state index contributed by atoms with van der Waals surface area (Å²) >= 11 is 0. The number of pyridine rings is 1. The number of halogens is 3. The number of nitrogens with zero attached hydrogens (tertiary/aromatic N) is 3. The lowest BCUT2D eigenvalue weighted by Crippen LogP contribution is -2.39. The van der Waals surface area contributed by atoms with E-state index in [1.54, 1.807) is 48.7 Å². The van der Waals surface area contributed by atoms with E-state index in [1.807, 2.05) is 6.07 Å². The van der Waals surface area contributed by atoms with Crippen LogP contribution in [0.5, 0.6) is 5.75 Å². The first kappa shape index (κ1) is 25.8. The smallest absolute Gasteiger partial charge is 0.406 e. The Bertz CT molecular complexity index is 1280. The zero-order valence-corrected chi connectivity index (χ0v) is 20.7. The number of hydrogen-bond donors (Lipinski definition) is 1. The molecule has 1 aliphatic heterocycles. The third-order valence-corrected chi connectivity index (χ3v) is 7.19. The van der Waals surface area contributed by atoms with E-state index in [4.69, 9.17) is 0 Å². The zero-order chi connectivity index (χ0) is 26.0. The lowest BCUT2D eigenvalue weighted by atomic mass is 10.0. The molecule has 1 aromatic heterocycles. The van der Waals surface area contributed by atoms with Crippen molar-refractivity contribution in [1.29, 1.82) is 0 Å². The first-order valence-electron chi connectivity index (χ1n) is 11.2. The first-order valence-corrected chi connectivity index (χ1v) is 12.9. The second kappa shape index (κ2) is 9.98. The second-order valence-corrected chi connectivity index (χ2v) is 11.0. The molecule has 11 heteroatoms. The van der Waals surface area contributed by atoms with Crippen LogP contribution in [0.4, 0.5) is 24.5 Å². The highest BCUT2D eigenvalue weighted by Crippen LogP contribution is 2.33. The van der Waals surface area contributed by atoms with Crippen LogP contribution in [0.3, 0.4) is 0 Å². The highest BCUT2D eigenvalue weighted by atomic mass is 32.2. The van der Waals surface area contributed by atoms with Crippen LogP contribution in [-0.2, 0) is 22.3 Å². The van der Waals surface area contributed by atoms with Gasteiger partial charge in [0.1, 0.15) is 5.75 Å². The molecule has 1 N–H and O–H groups in total. The lowest BCUT2D eigenvalue weighted by Gasteiger charge is -2.30. The quantitative estimate of drug-likeness (QED) is 0.452. The summed E-state index contributed by atoms with van der Waals surface area (Å²) in [4.78, 5) is 8.33. The Hall–Kier alpha value is -3.31. The molecule has 7 nitrogen and oxygen atoms in total. The zero-order valence-electron chi connectivity index (χ0n) is 19.9. The van der Waals surface area contributed by atoms with Gasteiger partial charge < -0.3 is 9.64 Å². The summed E-state index contributed by atoms with van der Waals surface area (Å²) in [5.41, 5.74) is 2.34. The van der Waals surface area contributed by atoms with Crippen molar-refractivity contribution in [3.05, 3.63) is 84.2 Å². The van der Waals surface area contributed by atoms with Crippen molar-refractivity contribution in [3.8, 4) is 5.75 Å². The van der Waals surface area contributed by atoms with E-state index in [0.29, 0.717) is 31.0 Å². The molecule has 1 aliphatic rings. The number of anilines is 2. The van der Waals surface area contributed by atoms with Crippen LogP contribution in [-0.4, -0.2) is 43.4 Å². The van der Waals surface area contributed by atoms with Crippen molar-refractivity contribution in [1.82, 2.24) is 9.88 Å². The summed E-state index contributed by atoms with van der Waals surface area (Å²) in [6.07, 6.45) is -1.62. The fraction of sp³-hybridized carbons (Fsp3) is 0.320. The SMILES string of the molecule is CC1(C)CN(c2ccc(OC(F)(F)F)cc2)CN1Cc1ccncc1NS(=O)(=O)Cc1ccccc1. The molecule has 2 aromatic carbocycles. The first-order chi connectivity index (χ1) is 16.9. The monoisotopic (exact) mass is 520 g/mol. The molecule has 0 radical (unpaired) electrons. The van der Waals surface area contributed by atoms with Gasteiger partial charge in [0.15, 0.2) is 0 Å². The van der Waals surface area contributed by atoms with E-state index in [2.05, 4.69) is 38.1 Å². The van der Waals surface area contributed by atoms with Gasteiger partial charge in [-0.15, -0.1) is 13.2 Å². The largest absolute Gasteiger partial charge is 0.573 e. The van der Waals surface area contributed by atoms with E-state index in [0.717, 1.165) is 11.3 Å². The summed E-state index contributed by atoms with van der Waals surface area (Å²) in [6.45, 7) is 5.71. The molecule has 0 bridgehead atoms. The van der Waals surface area contributed by atoms with E-state index in [1.165, 1.54) is 18.3 Å². The Morgan fingerprint density at radius 2 is 1.75 bits per heavy atom. The van der Waals surface area contributed by atoms with Gasteiger partial charge in [0.25, 0.3) is 0 Å². The molecule has 36 heavy (non-hydrogen) atoms. The van der Waals surface area contributed by atoms with Crippen molar-refractivity contribution in [2.75, 3.05) is 22.8 Å². The van der Waals surface area contributed by atoms with E-state index < -0.39 is 16.4 Å². The standard InChI is InChI=1S/C25H27F3N4O3S/c1-24(2)17-31(21-8-10-22(11-9-21)35-25(26,27)28)18-32(24)15-20-12-13-29-14-23(20)30-36(33,34)16-19-6-4-3-5-7-19/h3-14,30H,15-18H2,1-2H3. The number of alkyl halides is 3. The molecule has 3 aromatic rings. The molecular weight excluding hydrogens is 493 g/mol. The average molecular weight is 521 g/mol. The third kappa shape index (κ3) is 6.67. The molecule has 1 fully saturated rings. The summed E-state index contributed by atoms with van der Waals surface area (Å²) in [5.74, 6) is -0.426. The van der Waals surface area contributed by atoms with E-state index >= 15 is 0 Å². The van der Waals surface area contributed by atoms with Crippen molar-refractivity contribution >= 4 is 21.4 Å². The molecule has 2 heterocycles. The maximum Gasteiger partial charge on any atom is 0.573 e. The highest BCUT2D eigenvalue weighted by Gasteiger charge is 2.37. The van der Waals surface area contributed by atoms with Crippen molar-refractivity contribution in [3.63, 3.8) is 0 Å². The number of nitrogens with one attached hydrogen (secondary N) is 1. The minimum absolute atomic E-state index is 0.154. The Kier molecular flexibility index (Phi) is 7.14. The summed E-state index contributed by atoms with van der Waals surface area (Å²) in [7, 11) is -3.65. The maximum atomic E-state index is 12.8. The molecule has 0 amide bonds. The fourth-order valence-electron chi connectivity index (χ4n) is 4.17. The minimum atomic E-state index is -4.74. The topological polar surface area (TPSA) is 74.8 Å². The fourth-order valence-corrected chi connectivity index (χ4v) is 5.39. The Balaban J connectivity index is 1.47. The maximum absolute atomic E-state index is 12.8. The Morgan fingerprint density at radius 3 is 2.42 bits per heavy atom. The van der Waals surface area contributed by atoms with Crippen LogP contribution in [0, 0.1) is 0 Å². The second-order valence-electron chi connectivity index (χ2n) is 9.27. The molecule has 0 atom stereocenters. The molecule has 0 aliphatic carbocycles.